The molecule has 0 fully saturated rings. The highest BCUT2D eigenvalue weighted by Gasteiger charge is 2.06. The van der Waals surface area contributed by atoms with Gasteiger partial charge in [0.15, 0.2) is 0 Å². The zero-order chi connectivity index (χ0) is 11.8. The molecule has 0 aromatic carbocycles. The lowest BCUT2D eigenvalue weighted by atomic mass is 10.2. The highest BCUT2D eigenvalue weighted by Crippen LogP contribution is 2.06. The number of aromatic nitrogens is 1. The van der Waals surface area contributed by atoms with Crippen LogP contribution in [0.4, 0.5) is 0 Å². The molecule has 0 aliphatic carbocycles. The van der Waals surface area contributed by atoms with Crippen LogP contribution in [-0.2, 0) is 4.74 Å². The average Bonchev–Trinajstić information content (AvgIpc) is 2.30. The van der Waals surface area contributed by atoms with Crippen molar-refractivity contribution in [3.63, 3.8) is 0 Å². The first-order valence-electron chi connectivity index (χ1n) is 5.21. The Kier molecular flexibility index (Phi) is 5.22. The van der Waals surface area contributed by atoms with Crippen molar-refractivity contribution < 1.29 is 9.53 Å². The highest BCUT2D eigenvalue weighted by atomic mass is 16.5. The van der Waals surface area contributed by atoms with Gasteiger partial charge >= 0.3 is 5.97 Å². The number of ether oxygens (including phenoxy) is 1. The Hall–Kier alpha value is -1.68. The van der Waals surface area contributed by atoms with Crippen LogP contribution < -0.4 is 5.32 Å². The molecular formula is C12H16N2O2. The van der Waals surface area contributed by atoms with Crippen molar-refractivity contribution >= 4 is 12.0 Å². The standard InChI is InChI=1S/C12H16N2O2/c1-3-16-12(15)11-7-10(8-14-9-11)5-4-6-13-2/h4-5,7-9,13H,3,6H2,1-2H3. The van der Waals surface area contributed by atoms with E-state index in [9.17, 15) is 4.79 Å². The summed E-state index contributed by atoms with van der Waals surface area (Å²) in [5, 5.41) is 3.00. The van der Waals surface area contributed by atoms with E-state index in [1.165, 1.54) is 6.20 Å². The van der Waals surface area contributed by atoms with E-state index >= 15 is 0 Å². The van der Waals surface area contributed by atoms with E-state index in [2.05, 4.69) is 10.3 Å². The summed E-state index contributed by atoms with van der Waals surface area (Å²) in [7, 11) is 1.87. The van der Waals surface area contributed by atoms with Crippen molar-refractivity contribution in [3.05, 3.63) is 35.7 Å². The molecule has 1 N–H and O–H groups in total. The topological polar surface area (TPSA) is 51.2 Å². The Labute approximate surface area is 95.3 Å². The zero-order valence-corrected chi connectivity index (χ0v) is 9.56. The molecule has 0 bridgehead atoms. The van der Waals surface area contributed by atoms with Crippen LogP contribution in [0.3, 0.4) is 0 Å². The van der Waals surface area contributed by atoms with E-state index in [1.54, 1.807) is 19.2 Å². The molecule has 4 nitrogen and oxygen atoms in total. The molecule has 0 spiro atoms. The number of likely N-dealkylation sites (N-methyl/N-ethyl adjacent to an activating group) is 1. The van der Waals surface area contributed by atoms with Gasteiger partial charge in [0.1, 0.15) is 0 Å². The lowest BCUT2D eigenvalue weighted by Crippen LogP contribution is -2.05. The first-order valence-corrected chi connectivity index (χ1v) is 5.21. The summed E-state index contributed by atoms with van der Waals surface area (Å²) in [4.78, 5) is 15.4. The number of rotatable bonds is 5. The maximum absolute atomic E-state index is 11.4. The van der Waals surface area contributed by atoms with Gasteiger partial charge in [-0.1, -0.05) is 12.2 Å². The number of nitrogens with zero attached hydrogens (tertiary/aromatic N) is 1. The first kappa shape index (κ1) is 12.4. The zero-order valence-electron chi connectivity index (χ0n) is 9.56. The van der Waals surface area contributed by atoms with Gasteiger partial charge in [-0.05, 0) is 25.6 Å². The third-order valence-electron chi connectivity index (χ3n) is 1.90. The summed E-state index contributed by atoms with van der Waals surface area (Å²) in [6.07, 6.45) is 7.08. The van der Waals surface area contributed by atoms with E-state index in [1.807, 2.05) is 19.2 Å². The van der Waals surface area contributed by atoms with Crippen LogP contribution in [0.2, 0.25) is 0 Å². The number of hydrogen-bond acceptors (Lipinski definition) is 4. The number of carbonyl (C=O) groups excluding carboxylic acids is 1. The van der Waals surface area contributed by atoms with Crippen LogP contribution in [0.1, 0.15) is 22.8 Å². The largest absolute Gasteiger partial charge is 0.462 e. The second-order valence-electron chi connectivity index (χ2n) is 3.19. The lowest BCUT2D eigenvalue weighted by molar-refractivity contribution is 0.0526. The molecule has 0 aliphatic heterocycles. The fourth-order valence-corrected chi connectivity index (χ4v) is 1.19. The molecular weight excluding hydrogens is 204 g/mol. The first-order chi connectivity index (χ1) is 7.77. The van der Waals surface area contributed by atoms with E-state index in [0.29, 0.717) is 12.2 Å². The number of esters is 1. The molecule has 1 aromatic rings. The summed E-state index contributed by atoms with van der Waals surface area (Å²) >= 11 is 0. The molecule has 86 valence electrons. The van der Waals surface area contributed by atoms with E-state index in [-0.39, 0.29) is 5.97 Å². The van der Waals surface area contributed by atoms with Crippen LogP contribution in [-0.4, -0.2) is 31.2 Å². The van der Waals surface area contributed by atoms with Crippen LogP contribution in [0.25, 0.3) is 6.08 Å². The maximum Gasteiger partial charge on any atom is 0.339 e. The number of pyridine rings is 1. The molecule has 0 aliphatic rings. The van der Waals surface area contributed by atoms with Crippen molar-refractivity contribution in [2.45, 2.75) is 6.92 Å². The second-order valence-corrected chi connectivity index (χ2v) is 3.19. The van der Waals surface area contributed by atoms with Gasteiger partial charge in [-0.15, -0.1) is 0 Å². The monoisotopic (exact) mass is 220 g/mol. The Balaban J connectivity index is 2.74. The van der Waals surface area contributed by atoms with Gasteiger partial charge in [-0.3, -0.25) is 4.98 Å². The minimum absolute atomic E-state index is 0.334. The highest BCUT2D eigenvalue weighted by molar-refractivity contribution is 5.89. The third-order valence-corrected chi connectivity index (χ3v) is 1.90. The number of hydrogen-bond donors (Lipinski definition) is 1. The third kappa shape index (κ3) is 3.82. The smallest absolute Gasteiger partial charge is 0.339 e. The number of nitrogens with one attached hydrogen (secondary N) is 1. The predicted molar refractivity (Wildman–Crippen MR) is 63.2 cm³/mol. The van der Waals surface area contributed by atoms with Gasteiger partial charge in [0.2, 0.25) is 0 Å². The van der Waals surface area contributed by atoms with Crippen LogP contribution in [0.5, 0.6) is 0 Å². The van der Waals surface area contributed by atoms with Gasteiger partial charge in [-0.25, -0.2) is 4.79 Å². The molecule has 0 saturated carbocycles. The molecule has 1 rings (SSSR count). The maximum atomic E-state index is 11.4. The van der Waals surface area contributed by atoms with Crippen molar-refractivity contribution in [1.29, 1.82) is 0 Å². The van der Waals surface area contributed by atoms with Gasteiger partial charge < -0.3 is 10.1 Å². The van der Waals surface area contributed by atoms with Crippen molar-refractivity contribution in [3.8, 4) is 0 Å². The molecule has 0 amide bonds. The van der Waals surface area contributed by atoms with Crippen LogP contribution in [0, 0.1) is 0 Å². The van der Waals surface area contributed by atoms with Gasteiger partial charge in [0.25, 0.3) is 0 Å². The second kappa shape index (κ2) is 6.74. The summed E-state index contributed by atoms with van der Waals surface area (Å²) in [6.45, 7) is 2.93. The summed E-state index contributed by atoms with van der Waals surface area (Å²) in [6, 6.07) is 1.76. The van der Waals surface area contributed by atoms with Crippen molar-refractivity contribution in [2.24, 2.45) is 0 Å². The van der Waals surface area contributed by atoms with E-state index < -0.39 is 0 Å². The molecule has 0 atom stereocenters. The summed E-state index contributed by atoms with van der Waals surface area (Å²) in [5.74, 6) is -0.334. The van der Waals surface area contributed by atoms with Gasteiger partial charge in [0, 0.05) is 18.9 Å². The molecule has 1 heterocycles. The lowest BCUT2D eigenvalue weighted by Gasteiger charge is -2.01. The molecule has 4 heteroatoms. The fraction of sp³-hybridized carbons (Fsp3) is 0.333. The van der Waals surface area contributed by atoms with Gasteiger partial charge in [0.05, 0.1) is 12.2 Å². The molecule has 1 aromatic heterocycles. The quantitative estimate of drug-likeness (QED) is 0.764. The summed E-state index contributed by atoms with van der Waals surface area (Å²) in [5.41, 5.74) is 1.37. The molecule has 0 saturated heterocycles. The van der Waals surface area contributed by atoms with Crippen LogP contribution >= 0.6 is 0 Å². The Morgan fingerprint density at radius 1 is 1.56 bits per heavy atom. The SMILES string of the molecule is CCOC(=O)c1cncc(C=CCNC)c1. The summed E-state index contributed by atoms with van der Waals surface area (Å²) < 4.78 is 4.89. The minimum Gasteiger partial charge on any atom is -0.462 e. The Morgan fingerprint density at radius 3 is 3.06 bits per heavy atom. The fourth-order valence-electron chi connectivity index (χ4n) is 1.19. The van der Waals surface area contributed by atoms with Gasteiger partial charge in [-0.2, -0.15) is 0 Å². The normalized spacial score (nSPS) is 10.6. The van der Waals surface area contributed by atoms with Crippen molar-refractivity contribution in [1.82, 2.24) is 10.3 Å². The average molecular weight is 220 g/mol. The molecule has 0 radical (unpaired) electrons. The molecule has 0 unspecified atom stereocenters. The van der Waals surface area contributed by atoms with E-state index in [4.69, 9.17) is 4.74 Å². The Morgan fingerprint density at radius 2 is 2.38 bits per heavy atom. The van der Waals surface area contributed by atoms with E-state index in [0.717, 1.165) is 12.1 Å². The number of carbonyl (C=O) groups is 1. The van der Waals surface area contributed by atoms with Crippen LogP contribution in [0.15, 0.2) is 24.5 Å². The Bertz CT molecular complexity index is 375. The predicted octanol–water partition coefficient (Wildman–Crippen LogP) is 1.49. The minimum atomic E-state index is -0.334. The van der Waals surface area contributed by atoms with Crippen molar-refractivity contribution in [2.75, 3.05) is 20.2 Å². The molecule has 16 heavy (non-hydrogen) atoms.